The van der Waals surface area contributed by atoms with Crippen molar-refractivity contribution < 1.29 is 38.2 Å². The zero-order valence-electron chi connectivity index (χ0n) is 38.9. The van der Waals surface area contributed by atoms with Crippen molar-refractivity contribution in [3.63, 3.8) is 0 Å². The van der Waals surface area contributed by atoms with Crippen molar-refractivity contribution in [2.75, 3.05) is 0 Å². The van der Waals surface area contributed by atoms with Gasteiger partial charge in [0.1, 0.15) is 5.58 Å². The van der Waals surface area contributed by atoms with Gasteiger partial charge in [0.05, 0.1) is 5.58 Å². The minimum absolute atomic E-state index is 0. The minimum Gasteiger partial charge on any atom is -0.500 e. The van der Waals surface area contributed by atoms with Crippen molar-refractivity contribution >= 4 is 43.5 Å². The van der Waals surface area contributed by atoms with E-state index in [9.17, 15) is 0 Å². The van der Waals surface area contributed by atoms with Crippen molar-refractivity contribution in [3.8, 4) is 22.5 Å². The molecule has 0 amide bonds. The van der Waals surface area contributed by atoms with Gasteiger partial charge < -0.3 is 14.4 Å². The Bertz CT molecular complexity index is 2830. The number of benzene rings is 5. The number of furan rings is 1. The molecule has 0 saturated carbocycles. The van der Waals surface area contributed by atoms with Crippen molar-refractivity contribution in [1.29, 1.82) is 0 Å². The quantitative estimate of drug-likeness (QED) is 0.131. The second-order valence-corrected chi connectivity index (χ2v) is 14.4. The van der Waals surface area contributed by atoms with Gasteiger partial charge in [0.2, 0.25) is 0 Å². The fraction of sp³-hybridized carbons (Fsp3) is 0.261. The average molecular weight is 843 g/mol. The summed E-state index contributed by atoms with van der Waals surface area (Å²) in [5.41, 5.74) is 2.55. The predicted molar refractivity (Wildman–Crippen MR) is 206 cm³/mol. The van der Waals surface area contributed by atoms with Gasteiger partial charge in [-0.3, -0.25) is 0 Å². The molecule has 8 aromatic rings. The first-order valence-electron chi connectivity index (χ1n) is 21.3. The van der Waals surface area contributed by atoms with Crippen molar-refractivity contribution in [3.05, 3.63) is 132 Å². The van der Waals surface area contributed by atoms with E-state index in [4.69, 9.17) is 18.1 Å². The molecule has 1 radical (unpaired) electrons. The summed E-state index contributed by atoms with van der Waals surface area (Å²) in [5, 5.41) is 6.00. The van der Waals surface area contributed by atoms with E-state index in [-0.39, 0.29) is 31.2 Å². The van der Waals surface area contributed by atoms with Crippen LogP contribution in [0.15, 0.2) is 102 Å². The SMILES string of the molecule is [2H]C([2H])([2H])c1cnc(-c2[c-]cc3oc4cc5ccccc5c5ccc2c3c45)cc1C([2H])([2H])[2H].[2H]C([2H])(c1cnc(-c2[c-]cccc2)cc1C([2H])([2H])C(C)(C)C)C(C)(C)C.[Ir]. The fourth-order valence-electron chi connectivity index (χ4n) is 6.17. The monoisotopic (exact) mass is 843 g/mol. The summed E-state index contributed by atoms with van der Waals surface area (Å²) >= 11 is 0. The zero-order valence-corrected chi connectivity index (χ0v) is 31.3. The van der Waals surface area contributed by atoms with Crippen molar-refractivity contribution in [2.24, 2.45) is 10.8 Å². The average Bonchev–Trinajstić information content (AvgIpc) is 3.54. The Morgan fingerprint density at radius 2 is 1.38 bits per heavy atom. The van der Waals surface area contributed by atoms with E-state index in [1.54, 1.807) is 18.2 Å². The summed E-state index contributed by atoms with van der Waals surface area (Å²) in [6, 6.07) is 32.6. The summed E-state index contributed by atoms with van der Waals surface area (Å²) in [5.74, 6) is 0. The largest absolute Gasteiger partial charge is 0.500 e. The molecule has 3 heterocycles. The van der Waals surface area contributed by atoms with Crippen LogP contribution in [0, 0.1) is 36.7 Å². The van der Waals surface area contributed by atoms with Gasteiger partial charge in [-0.15, -0.1) is 53.6 Å². The van der Waals surface area contributed by atoms with Crippen LogP contribution in [0.4, 0.5) is 0 Å². The number of fused-ring (bicyclic) bond motifs is 2. The van der Waals surface area contributed by atoms with Crippen molar-refractivity contribution in [2.45, 2.75) is 68.0 Å². The normalized spacial score (nSPS) is 16.0. The summed E-state index contributed by atoms with van der Waals surface area (Å²) in [6.45, 7) is 5.79. The smallest absolute Gasteiger partial charge is 0.122 e. The van der Waals surface area contributed by atoms with Crippen LogP contribution in [0.25, 0.3) is 66.0 Å². The molecule has 3 aromatic heterocycles. The Hall–Kier alpha value is -4.37. The van der Waals surface area contributed by atoms with Crippen LogP contribution in [0.2, 0.25) is 0 Å². The molecule has 5 aromatic carbocycles. The summed E-state index contributed by atoms with van der Waals surface area (Å²) in [7, 11) is 0. The molecule has 255 valence electrons. The molecule has 0 aliphatic carbocycles. The number of pyridine rings is 2. The van der Waals surface area contributed by atoms with Gasteiger partial charge in [0.15, 0.2) is 0 Å². The molecule has 8 rings (SSSR count). The second kappa shape index (κ2) is 13.7. The molecular weight excluding hydrogens is 789 g/mol. The van der Waals surface area contributed by atoms with Crippen LogP contribution in [-0.2, 0) is 32.9 Å². The third-order valence-corrected chi connectivity index (χ3v) is 8.14. The molecule has 0 aliphatic rings. The minimum atomic E-state index is -2.59. The van der Waals surface area contributed by atoms with E-state index in [0.29, 0.717) is 33.7 Å². The number of rotatable bonds is 4. The Labute approximate surface area is 323 Å². The summed E-state index contributed by atoms with van der Waals surface area (Å²) < 4.78 is 87.7. The van der Waals surface area contributed by atoms with E-state index >= 15 is 0 Å². The van der Waals surface area contributed by atoms with Gasteiger partial charge in [-0.05, 0) is 93.0 Å². The molecule has 0 saturated heterocycles. The number of aromatic nitrogens is 2. The third kappa shape index (κ3) is 7.24. The maximum Gasteiger partial charge on any atom is 0.122 e. The molecular formula is C46H44IrN2O-2. The van der Waals surface area contributed by atoms with Crippen LogP contribution in [0.1, 0.15) is 77.5 Å². The Kier molecular flexibility index (Phi) is 6.79. The molecule has 0 N–H and O–H groups in total. The van der Waals surface area contributed by atoms with Crippen LogP contribution in [0.3, 0.4) is 0 Å². The molecule has 0 aliphatic heterocycles. The van der Waals surface area contributed by atoms with E-state index in [1.807, 2.05) is 96.1 Å². The molecule has 0 unspecified atom stereocenters. The molecule has 0 atom stereocenters. The van der Waals surface area contributed by atoms with Crippen molar-refractivity contribution in [1.82, 2.24) is 9.97 Å². The molecule has 0 spiro atoms. The van der Waals surface area contributed by atoms with E-state index in [0.717, 1.165) is 49.7 Å². The maximum atomic E-state index is 8.77. The Morgan fingerprint density at radius 1 is 0.680 bits per heavy atom. The molecule has 0 bridgehead atoms. The van der Waals surface area contributed by atoms with Crippen LogP contribution in [-0.4, -0.2) is 9.97 Å². The predicted octanol–water partition coefficient (Wildman–Crippen LogP) is 12.5. The maximum absolute atomic E-state index is 8.77. The standard InChI is InChI=1S/C25H16NO.C21H28N.Ir/c1-14-11-21(26-13-15(14)2)18-9-10-22-24-20(18)8-7-19-17-6-4-3-5-16(17)12-23(27-22)25(19)24;1-20(2,3)13-17-12-19(16-10-8-7-9-11-16)22-15-18(17)14-21(4,5)6;/h3-8,10-13H,1-2H3;7-10,12,15H,13-14H2,1-6H3;/q2*-1;/i1D3,2D3;13D2,14D2;. The van der Waals surface area contributed by atoms with Gasteiger partial charge in [-0.25, -0.2) is 0 Å². The number of nitrogens with zero attached hydrogens (tertiary/aromatic N) is 2. The first-order valence-corrected chi connectivity index (χ1v) is 16.3. The Balaban J connectivity index is 0.000000204. The molecule has 50 heavy (non-hydrogen) atoms. The molecule has 0 fully saturated rings. The second-order valence-electron chi connectivity index (χ2n) is 14.4. The number of hydrogen-bond donors (Lipinski definition) is 0. The first-order chi connectivity index (χ1) is 27.3. The third-order valence-electron chi connectivity index (χ3n) is 8.14. The van der Waals surface area contributed by atoms with Gasteiger partial charge in [-0.2, -0.15) is 0 Å². The molecule has 3 nitrogen and oxygen atoms in total. The van der Waals surface area contributed by atoms with Crippen LogP contribution >= 0.6 is 0 Å². The van der Waals surface area contributed by atoms with Gasteiger partial charge in [0, 0.05) is 51.6 Å². The fourth-order valence-corrected chi connectivity index (χ4v) is 6.17. The summed E-state index contributed by atoms with van der Waals surface area (Å²) in [4.78, 5) is 8.78. The topological polar surface area (TPSA) is 38.9 Å². The van der Waals surface area contributed by atoms with Gasteiger partial charge >= 0.3 is 0 Å². The van der Waals surface area contributed by atoms with Crippen LogP contribution in [0.5, 0.6) is 0 Å². The zero-order chi connectivity index (χ0) is 43.1. The number of hydrogen-bond acceptors (Lipinski definition) is 3. The van der Waals surface area contributed by atoms with E-state index in [1.165, 1.54) is 12.3 Å². The summed E-state index contributed by atoms with van der Waals surface area (Å²) in [6.07, 6.45) is -0.811. The Morgan fingerprint density at radius 3 is 2.12 bits per heavy atom. The molecule has 4 heteroatoms. The van der Waals surface area contributed by atoms with E-state index in [2.05, 4.69) is 28.2 Å². The van der Waals surface area contributed by atoms with Crippen LogP contribution < -0.4 is 0 Å². The first kappa shape index (κ1) is 24.7. The van der Waals surface area contributed by atoms with E-state index < -0.39 is 37.3 Å². The number of aryl methyl sites for hydroxylation is 2. The van der Waals surface area contributed by atoms with Gasteiger partial charge in [0.25, 0.3) is 0 Å². The van der Waals surface area contributed by atoms with Gasteiger partial charge in [-0.1, -0.05) is 101 Å².